The Morgan fingerprint density at radius 3 is 2.64 bits per heavy atom. The molecule has 1 aromatic carbocycles. The lowest BCUT2D eigenvalue weighted by Gasteiger charge is -2.21. The molecule has 0 aliphatic carbocycles. The highest BCUT2D eigenvalue weighted by atomic mass is 32.2. The molecule has 0 spiro atoms. The summed E-state index contributed by atoms with van der Waals surface area (Å²) in [5.41, 5.74) is 3.86. The summed E-state index contributed by atoms with van der Waals surface area (Å²) in [5, 5.41) is 6.89. The molecular weight excluding hydrogens is 448 g/mol. The van der Waals surface area contributed by atoms with Gasteiger partial charge in [-0.1, -0.05) is 6.08 Å². The third kappa shape index (κ3) is 3.96. The van der Waals surface area contributed by atoms with Crippen molar-refractivity contribution in [2.75, 3.05) is 20.1 Å². The fourth-order valence-corrected chi connectivity index (χ4v) is 5.24. The molecule has 172 valence electrons. The minimum absolute atomic E-state index is 0.0500. The lowest BCUT2D eigenvalue weighted by Crippen LogP contribution is -2.23. The topological polar surface area (TPSA) is 128 Å². The van der Waals surface area contributed by atoms with E-state index in [0.717, 1.165) is 30.6 Å². The molecule has 33 heavy (non-hydrogen) atoms. The molecule has 3 aromatic heterocycles. The number of fused-ring (bicyclic) bond motifs is 2. The SMILES string of the molecule is CN1CC=C(c2cn(S(=O)(=O)c3ccc4c(c3)oc(=O)n4C)c3cccnc23)CC1.O=CO. The number of nitrogens with zero attached hydrogens (tertiary/aromatic N) is 4. The first-order valence-electron chi connectivity index (χ1n) is 10.0. The van der Waals surface area contributed by atoms with E-state index in [-0.39, 0.29) is 17.0 Å². The Morgan fingerprint density at radius 1 is 1.18 bits per heavy atom. The summed E-state index contributed by atoms with van der Waals surface area (Å²) in [6.07, 6.45) is 6.26. The molecule has 0 radical (unpaired) electrons. The van der Waals surface area contributed by atoms with Crippen LogP contribution in [0.15, 0.2) is 62.9 Å². The molecule has 4 heterocycles. The van der Waals surface area contributed by atoms with Crippen LogP contribution in [0.25, 0.3) is 27.7 Å². The zero-order valence-corrected chi connectivity index (χ0v) is 18.8. The molecule has 11 heteroatoms. The molecule has 0 saturated carbocycles. The average molecular weight is 471 g/mol. The zero-order chi connectivity index (χ0) is 23.8. The molecule has 1 aliphatic heterocycles. The van der Waals surface area contributed by atoms with Gasteiger partial charge in [-0.15, -0.1) is 0 Å². The van der Waals surface area contributed by atoms with Gasteiger partial charge in [-0.25, -0.2) is 17.2 Å². The Bertz CT molecular complexity index is 1540. The number of hydrogen-bond donors (Lipinski definition) is 1. The van der Waals surface area contributed by atoms with E-state index in [4.69, 9.17) is 14.3 Å². The highest BCUT2D eigenvalue weighted by Gasteiger charge is 2.25. The number of carbonyl (C=O) groups is 1. The van der Waals surface area contributed by atoms with E-state index in [9.17, 15) is 13.2 Å². The average Bonchev–Trinajstić information content (AvgIpc) is 3.33. The number of carboxylic acid groups (broad SMARTS) is 1. The quantitative estimate of drug-likeness (QED) is 0.451. The Kier molecular flexibility index (Phi) is 5.91. The van der Waals surface area contributed by atoms with E-state index < -0.39 is 15.8 Å². The fourth-order valence-electron chi connectivity index (χ4n) is 3.87. The molecule has 1 aliphatic rings. The Balaban J connectivity index is 0.000000821. The highest BCUT2D eigenvalue weighted by Crippen LogP contribution is 2.32. The van der Waals surface area contributed by atoms with Crippen molar-refractivity contribution < 1.29 is 22.7 Å². The van der Waals surface area contributed by atoms with Gasteiger partial charge in [0, 0.05) is 44.2 Å². The maximum absolute atomic E-state index is 13.5. The minimum Gasteiger partial charge on any atom is -0.483 e. The first-order valence-corrected chi connectivity index (χ1v) is 11.5. The number of aryl methyl sites for hydroxylation is 1. The Labute approximate surface area is 189 Å². The molecule has 0 unspecified atom stereocenters. The van der Waals surface area contributed by atoms with Crippen LogP contribution < -0.4 is 5.76 Å². The summed E-state index contributed by atoms with van der Waals surface area (Å²) < 4.78 is 34.8. The van der Waals surface area contributed by atoms with Crippen molar-refractivity contribution in [3.63, 3.8) is 0 Å². The largest absolute Gasteiger partial charge is 0.483 e. The second-order valence-corrected chi connectivity index (χ2v) is 9.43. The maximum atomic E-state index is 13.5. The maximum Gasteiger partial charge on any atom is 0.419 e. The second kappa shape index (κ2) is 8.68. The molecule has 10 nitrogen and oxygen atoms in total. The van der Waals surface area contributed by atoms with Gasteiger partial charge in [0.25, 0.3) is 16.5 Å². The number of aromatic nitrogens is 3. The summed E-state index contributed by atoms with van der Waals surface area (Å²) in [4.78, 5) is 26.8. The van der Waals surface area contributed by atoms with Crippen LogP contribution in [0.2, 0.25) is 0 Å². The van der Waals surface area contributed by atoms with Gasteiger partial charge in [0.1, 0.15) is 0 Å². The van der Waals surface area contributed by atoms with E-state index in [1.54, 1.807) is 37.6 Å². The van der Waals surface area contributed by atoms with Crippen LogP contribution in [0.5, 0.6) is 0 Å². The lowest BCUT2D eigenvalue weighted by molar-refractivity contribution is -0.122. The Morgan fingerprint density at radius 2 is 1.94 bits per heavy atom. The molecular formula is C22H22N4O6S. The van der Waals surface area contributed by atoms with Crippen LogP contribution in [-0.2, 0) is 21.9 Å². The van der Waals surface area contributed by atoms with Crippen molar-refractivity contribution >= 4 is 44.2 Å². The number of benzene rings is 1. The predicted octanol–water partition coefficient (Wildman–Crippen LogP) is 2.14. The normalized spacial score (nSPS) is 14.7. The van der Waals surface area contributed by atoms with Crippen molar-refractivity contribution in [1.29, 1.82) is 0 Å². The molecule has 0 bridgehead atoms. The number of pyridine rings is 1. The van der Waals surface area contributed by atoms with Crippen LogP contribution in [0, 0.1) is 0 Å². The van der Waals surface area contributed by atoms with Gasteiger partial charge in [0.2, 0.25) is 0 Å². The van der Waals surface area contributed by atoms with Crippen LogP contribution in [0.1, 0.15) is 12.0 Å². The third-order valence-electron chi connectivity index (χ3n) is 5.60. The molecule has 0 saturated heterocycles. The van der Waals surface area contributed by atoms with Crippen LogP contribution in [0.4, 0.5) is 0 Å². The van der Waals surface area contributed by atoms with Crippen LogP contribution in [-0.4, -0.2) is 58.6 Å². The van der Waals surface area contributed by atoms with Crippen molar-refractivity contribution in [2.24, 2.45) is 7.05 Å². The first kappa shape index (κ1) is 22.5. The monoisotopic (exact) mass is 470 g/mol. The van der Waals surface area contributed by atoms with Gasteiger partial charge in [-0.3, -0.25) is 14.3 Å². The number of likely N-dealkylation sites (N-methyl/N-ethyl adjacent to an activating group) is 1. The van der Waals surface area contributed by atoms with Crippen LogP contribution in [0.3, 0.4) is 0 Å². The number of hydrogen-bond acceptors (Lipinski definition) is 7. The van der Waals surface area contributed by atoms with E-state index >= 15 is 0 Å². The molecule has 1 N–H and O–H groups in total. The second-order valence-electron chi connectivity index (χ2n) is 7.62. The van der Waals surface area contributed by atoms with Crippen molar-refractivity contribution in [2.45, 2.75) is 11.3 Å². The van der Waals surface area contributed by atoms with Gasteiger partial charge in [0.05, 0.1) is 21.4 Å². The lowest BCUT2D eigenvalue weighted by atomic mass is 10.0. The van der Waals surface area contributed by atoms with Crippen molar-refractivity contribution in [1.82, 2.24) is 18.4 Å². The molecule has 4 aromatic rings. The summed E-state index contributed by atoms with van der Waals surface area (Å²) in [5.74, 6) is -0.536. The van der Waals surface area contributed by atoms with Crippen LogP contribution >= 0.6 is 0 Å². The van der Waals surface area contributed by atoms with Gasteiger partial charge in [-0.2, -0.15) is 0 Å². The van der Waals surface area contributed by atoms with E-state index in [0.29, 0.717) is 16.6 Å². The molecule has 0 fully saturated rings. The molecule has 5 rings (SSSR count). The van der Waals surface area contributed by atoms with E-state index in [1.807, 2.05) is 0 Å². The van der Waals surface area contributed by atoms with Gasteiger partial charge in [-0.05, 0) is 43.3 Å². The first-order chi connectivity index (χ1) is 15.8. The minimum atomic E-state index is -3.92. The molecule has 0 amide bonds. The smallest absolute Gasteiger partial charge is 0.419 e. The van der Waals surface area contributed by atoms with Crippen molar-refractivity contribution in [3.05, 3.63) is 64.9 Å². The van der Waals surface area contributed by atoms with E-state index in [2.05, 4.69) is 23.0 Å². The number of rotatable bonds is 3. The number of oxazole rings is 1. The summed E-state index contributed by atoms with van der Waals surface area (Å²) in [6, 6.07) is 7.93. The van der Waals surface area contributed by atoms with E-state index in [1.165, 1.54) is 20.7 Å². The highest BCUT2D eigenvalue weighted by molar-refractivity contribution is 7.90. The fraction of sp³-hybridized carbons (Fsp3) is 0.227. The van der Waals surface area contributed by atoms with Gasteiger partial charge < -0.3 is 14.4 Å². The zero-order valence-electron chi connectivity index (χ0n) is 18.0. The summed E-state index contributed by atoms with van der Waals surface area (Å²) in [6.45, 7) is 1.47. The third-order valence-corrected chi connectivity index (χ3v) is 7.27. The standard InChI is InChI=1S/C21H20N4O4S.CH2O2/c1-23-10-7-14(8-11-23)16-13-25(18-4-3-9-22-20(16)18)30(27,28)15-5-6-17-19(12-15)29-21(26)24(17)2;2-1-3/h3-7,9,12-13H,8,10-11H2,1-2H3;1H,(H,2,3). The van der Waals surface area contributed by atoms with Gasteiger partial charge >= 0.3 is 5.76 Å². The Hall–Kier alpha value is -3.70. The van der Waals surface area contributed by atoms with Crippen molar-refractivity contribution in [3.8, 4) is 0 Å². The van der Waals surface area contributed by atoms with Gasteiger partial charge in [0.15, 0.2) is 5.58 Å². The predicted molar refractivity (Wildman–Crippen MR) is 123 cm³/mol. The summed E-state index contributed by atoms with van der Waals surface area (Å²) >= 11 is 0. The molecule has 0 atom stereocenters. The summed E-state index contributed by atoms with van der Waals surface area (Å²) in [7, 11) is -0.290.